The van der Waals surface area contributed by atoms with Gasteiger partial charge in [-0.2, -0.15) is 0 Å². The van der Waals surface area contributed by atoms with E-state index in [0.717, 1.165) is 36.7 Å². The molecule has 1 fully saturated rings. The largest absolute Gasteiger partial charge is 0.343 e. The van der Waals surface area contributed by atoms with Gasteiger partial charge in [0.1, 0.15) is 0 Å². The average Bonchev–Trinajstić information content (AvgIpc) is 2.42. The summed E-state index contributed by atoms with van der Waals surface area (Å²) in [5.41, 5.74) is 0. The Kier molecular flexibility index (Phi) is 5.39. The zero-order valence-corrected chi connectivity index (χ0v) is 12.0. The second-order valence-electron chi connectivity index (χ2n) is 4.49. The summed E-state index contributed by atoms with van der Waals surface area (Å²) in [4.78, 5) is 15.1. The summed E-state index contributed by atoms with van der Waals surface area (Å²) in [5.74, 6) is 1.15. The van der Waals surface area contributed by atoms with E-state index in [1.165, 1.54) is 11.3 Å². The molecule has 0 spiro atoms. The molecule has 0 radical (unpaired) electrons. The number of benzene rings is 1. The SMILES string of the molecule is O=C(CCSc1ccc(Cl)cc1)N1CCCCC1. The Balaban J connectivity index is 1.71. The summed E-state index contributed by atoms with van der Waals surface area (Å²) in [6.45, 7) is 1.90. The summed E-state index contributed by atoms with van der Waals surface area (Å²) < 4.78 is 0. The van der Waals surface area contributed by atoms with E-state index in [-0.39, 0.29) is 0 Å². The quantitative estimate of drug-likeness (QED) is 0.783. The summed E-state index contributed by atoms with van der Waals surface area (Å²) in [7, 11) is 0. The van der Waals surface area contributed by atoms with E-state index in [1.54, 1.807) is 11.8 Å². The Morgan fingerprint density at radius 3 is 2.50 bits per heavy atom. The number of amides is 1. The monoisotopic (exact) mass is 283 g/mol. The van der Waals surface area contributed by atoms with Gasteiger partial charge in [0.15, 0.2) is 0 Å². The number of likely N-dealkylation sites (tertiary alicyclic amines) is 1. The molecule has 0 N–H and O–H groups in total. The lowest BCUT2D eigenvalue weighted by Crippen LogP contribution is -2.35. The van der Waals surface area contributed by atoms with E-state index in [1.807, 2.05) is 29.2 Å². The van der Waals surface area contributed by atoms with Crippen LogP contribution < -0.4 is 0 Å². The third-order valence-corrected chi connectivity index (χ3v) is 4.37. The Bertz CT molecular complexity index is 387. The first kappa shape index (κ1) is 13.8. The minimum Gasteiger partial charge on any atom is -0.343 e. The van der Waals surface area contributed by atoms with Crippen LogP contribution in [0.2, 0.25) is 5.02 Å². The van der Waals surface area contributed by atoms with Crippen LogP contribution in [0.5, 0.6) is 0 Å². The first-order chi connectivity index (χ1) is 8.75. The van der Waals surface area contributed by atoms with Crippen molar-refractivity contribution in [1.82, 2.24) is 4.90 Å². The number of carbonyl (C=O) groups excluding carboxylic acids is 1. The minimum atomic E-state index is 0.302. The number of rotatable bonds is 4. The lowest BCUT2D eigenvalue weighted by atomic mass is 10.1. The molecular formula is C14H18ClNOS. The molecule has 1 saturated heterocycles. The highest BCUT2D eigenvalue weighted by atomic mass is 35.5. The van der Waals surface area contributed by atoms with Crippen LogP contribution in [0.1, 0.15) is 25.7 Å². The zero-order valence-electron chi connectivity index (χ0n) is 10.4. The first-order valence-electron chi connectivity index (χ1n) is 6.42. The zero-order chi connectivity index (χ0) is 12.8. The molecule has 98 valence electrons. The van der Waals surface area contributed by atoms with E-state index in [2.05, 4.69) is 0 Å². The van der Waals surface area contributed by atoms with Crippen molar-refractivity contribution in [2.45, 2.75) is 30.6 Å². The van der Waals surface area contributed by atoms with Gasteiger partial charge in [-0.3, -0.25) is 4.79 Å². The molecule has 0 aromatic heterocycles. The minimum absolute atomic E-state index is 0.302. The van der Waals surface area contributed by atoms with Crippen LogP contribution in [0.4, 0.5) is 0 Å². The summed E-state index contributed by atoms with van der Waals surface area (Å²) in [6.07, 6.45) is 4.22. The maximum absolute atomic E-state index is 11.9. The van der Waals surface area contributed by atoms with Gasteiger partial charge in [0.25, 0.3) is 0 Å². The predicted molar refractivity (Wildman–Crippen MR) is 77.2 cm³/mol. The highest BCUT2D eigenvalue weighted by molar-refractivity contribution is 7.99. The van der Waals surface area contributed by atoms with Gasteiger partial charge in [-0.05, 0) is 43.5 Å². The van der Waals surface area contributed by atoms with Crippen molar-refractivity contribution in [3.8, 4) is 0 Å². The molecule has 2 rings (SSSR count). The van der Waals surface area contributed by atoms with Crippen LogP contribution in [-0.4, -0.2) is 29.6 Å². The second-order valence-corrected chi connectivity index (χ2v) is 6.10. The van der Waals surface area contributed by atoms with Crippen molar-refractivity contribution < 1.29 is 4.79 Å². The van der Waals surface area contributed by atoms with Crippen molar-refractivity contribution in [2.75, 3.05) is 18.8 Å². The molecule has 4 heteroatoms. The van der Waals surface area contributed by atoms with Crippen LogP contribution in [0.25, 0.3) is 0 Å². The lowest BCUT2D eigenvalue weighted by Gasteiger charge is -2.26. The third-order valence-electron chi connectivity index (χ3n) is 3.11. The standard InChI is InChI=1S/C14H18ClNOS/c15-12-4-6-13(7-5-12)18-11-8-14(17)16-9-2-1-3-10-16/h4-7H,1-3,8-11H2. The maximum Gasteiger partial charge on any atom is 0.223 e. The first-order valence-corrected chi connectivity index (χ1v) is 7.78. The Morgan fingerprint density at radius 1 is 1.17 bits per heavy atom. The third kappa shape index (κ3) is 4.21. The highest BCUT2D eigenvalue weighted by Gasteiger charge is 2.15. The molecule has 1 aliphatic rings. The van der Waals surface area contributed by atoms with Crippen LogP contribution in [0.15, 0.2) is 29.2 Å². The number of piperidine rings is 1. The fraction of sp³-hybridized carbons (Fsp3) is 0.500. The Labute approximate surface area is 118 Å². The fourth-order valence-electron chi connectivity index (χ4n) is 2.09. The molecule has 0 bridgehead atoms. The highest BCUT2D eigenvalue weighted by Crippen LogP contribution is 2.21. The fourth-order valence-corrected chi connectivity index (χ4v) is 3.06. The van der Waals surface area contributed by atoms with Crippen LogP contribution in [0.3, 0.4) is 0 Å². The Hall–Kier alpha value is -0.670. The Morgan fingerprint density at radius 2 is 1.83 bits per heavy atom. The molecule has 0 aliphatic carbocycles. The number of carbonyl (C=O) groups is 1. The van der Waals surface area contributed by atoms with Gasteiger partial charge in [0.2, 0.25) is 5.91 Å². The van der Waals surface area contributed by atoms with Gasteiger partial charge >= 0.3 is 0 Å². The van der Waals surface area contributed by atoms with Crippen LogP contribution in [-0.2, 0) is 4.79 Å². The van der Waals surface area contributed by atoms with Gasteiger partial charge in [0, 0.05) is 35.2 Å². The van der Waals surface area contributed by atoms with Gasteiger partial charge in [-0.15, -0.1) is 11.8 Å². The summed E-state index contributed by atoms with van der Waals surface area (Å²) in [5, 5.41) is 0.753. The average molecular weight is 284 g/mol. The molecule has 1 aromatic rings. The van der Waals surface area contributed by atoms with Gasteiger partial charge in [-0.25, -0.2) is 0 Å². The molecular weight excluding hydrogens is 266 g/mol. The smallest absolute Gasteiger partial charge is 0.223 e. The van der Waals surface area contributed by atoms with Gasteiger partial charge in [-0.1, -0.05) is 11.6 Å². The maximum atomic E-state index is 11.9. The number of hydrogen-bond acceptors (Lipinski definition) is 2. The number of thioether (sulfide) groups is 1. The van der Waals surface area contributed by atoms with Gasteiger partial charge in [0.05, 0.1) is 0 Å². The molecule has 0 atom stereocenters. The molecule has 1 heterocycles. The van der Waals surface area contributed by atoms with Crippen molar-refractivity contribution in [2.24, 2.45) is 0 Å². The van der Waals surface area contributed by atoms with E-state index < -0.39 is 0 Å². The number of nitrogens with zero attached hydrogens (tertiary/aromatic N) is 1. The normalized spacial score (nSPS) is 15.7. The molecule has 1 amide bonds. The van der Waals surface area contributed by atoms with Gasteiger partial charge < -0.3 is 4.90 Å². The molecule has 1 aliphatic heterocycles. The van der Waals surface area contributed by atoms with Crippen LogP contribution in [0, 0.1) is 0 Å². The number of halogens is 1. The van der Waals surface area contributed by atoms with E-state index in [0.29, 0.717) is 12.3 Å². The van der Waals surface area contributed by atoms with Crippen molar-refractivity contribution in [1.29, 1.82) is 0 Å². The van der Waals surface area contributed by atoms with E-state index in [9.17, 15) is 4.79 Å². The van der Waals surface area contributed by atoms with Crippen LogP contribution >= 0.6 is 23.4 Å². The number of hydrogen-bond donors (Lipinski definition) is 0. The second kappa shape index (κ2) is 7.05. The van der Waals surface area contributed by atoms with E-state index in [4.69, 9.17) is 11.6 Å². The molecule has 18 heavy (non-hydrogen) atoms. The molecule has 1 aromatic carbocycles. The summed E-state index contributed by atoms with van der Waals surface area (Å²) in [6, 6.07) is 7.77. The summed E-state index contributed by atoms with van der Waals surface area (Å²) >= 11 is 7.54. The lowest BCUT2D eigenvalue weighted by molar-refractivity contribution is -0.131. The molecule has 0 saturated carbocycles. The van der Waals surface area contributed by atoms with Crippen molar-refractivity contribution >= 4 is 29.3 Å². The van der Waals surface area contributed by atoms with Crippen molar-refractivity contribution in [3.63, 3.8) is 0 Å². The predicted octanol–water partition coefficient (Wildman–Crippen LogP) is 3.83. The molecule has 2 nitrogen and oxygen atoms in total. The molecule has 0 unspecified atom stereocenters. The van der Waals surface area contributed by atoms with E-state index >= 15 is 0 Å². The van der Waals surface area contributed by atoms with Crippen molar-refractivity contribution in [3.05, 3.63) is 29.3 Å². The topological polar surface area (TPSA) is 20.3 Å².